The van der Waals surface area contributed by atoms with Crippen molar-refractivity contribution in [1.29, 1.82) is 0 Å². The van der Waals surface area contributed by atoms with Gasteiger partial charge in [-0.05, 0) is 88.3 Å². The lowest BCUT2D eigenvalue weighted by Gasteiger charge is -2.26. The van der Waals surface area contributed by atoms with Crippen molar-refractivity contribution in [2.24, 2.45) is 15.9 Å². The Hall–Kier alpha value is -7.60. The molecule has 4 heterocycles. The summed E-state index contributed by atoms with van der Waals surface area (Å²) in [5.74, 6) is 1.99. The van der Waals surface area contributed by atoms with Crippen LogP contribution in [0.2, 0.25) is 0 Å². The zero-order valence-corrected chi connectivity index (χ0v) is 36.1. The number of hydrogen-bond acceptors (Lipinski definition) is 3. The molecule has 1 unspecified atom stereocenters. The molecule has 12 aromatic rings. The maximum atomic E-state index is 5.84. The smallest absolute Gasteiger partial charge is 0.157 e. The van der Waals surface area contributed by atoms with Crippen LogP contribution >= 0.6 is 11.3 Å². The minimum Gasteiger partial charge on any atom is -0.309 e. The highest BCUT2D eigenvalue weighted by Crippen LogP contribution is 2.45. The Morgan fingerprint density at radius 3 is 1.75 bits per heavy atom. The molecule has 13 rings (SSSR count). The molecule has 0 saturated heterocycles. The number of aliphatic imine (C=N–C) groups is 2. The van der Waals surface area contributed by atoms with Crippen molar-refractivity contribution in [3.63, 3.8) is 0 Å². The van der Waals surface area contributed by atoms with Crippen LogP contribution in [0.1, 0.15) is 36.9 Å². The SMILES string of the molecule is C[C@@H]1CC/C(n2c3ccccc3c3ccccc32)=N\C(c2ccc(-c3ccccc3)cc2)=N/C1c1cc(-n2c3ccccc3c3cc4ccccc4cc32)c2c(c1)sc1ccccc12. The highest BCUT2D eigenvalue weighted by molar-refractivity contribution is 7.25. The van der Waals surface area contributed by atoms with Gasteiger partial charge in [-0.3, -0.25) is 9.56 Å². The number of rotatable bonds is 4. The van der Waals surface area contributed by atoms with E-state index in [9.17, 15) is 0 Å². The van der Waals surface area contributed by atoms with E-state index in [0.29, 0.717) is 0 Å². The Morgan fingerprint density at radius 1 is 0.469 bits per heavy atom. The molecule has 304 valence electrons. The van der Waals surface area contributed by atoms with E-state index in [4.69, 9.17) is 9.98 Å². The molecule has 0 saturated carbocycles. The fraction of sp³-hybridized carbons (Fsp3) is 0.0847. The van der Waals surface area contributed by atoms with Crippen molar-refractivity contribution in [1.82, 2.24) is 9.13 Å². The summed E-state index contributed by atoms with van der Waals surface area (Å²) in [4.78, 5) is 11.5. The number of thiophene rings is 1. The number of fused-ring (bicyclic) bond motifs is 10. The third-order valence-corrected chi connectivity index (χ3v) is 14.7. The lowest BCUT2D eigenvalue weighted by Crippen LogP contribution is -2.21. The number of amidine groups is 1. The monoisotopic (exact) mass is 838 g/mol. The molecule has 0 radical (unpaired) electrons. The molecule has 9 aromatic carbocycles. The van der Waals surface area contributed by atoms with Gasteiger partial charge in [0.05, 0.1) is 33.8 Å². The molecule has 1 aliphatic rings. The average molecular weight is 839 g/mol. The van der Waals surface area contributed by atoms with E-state index in [1.165, 1.54) is 96.9 Å². The number of aromatic nitrogens is 2. The summed E-state index contributed by atoms with van der Waals surface area (Å²) in [6.07, 6.45) is 1.73. The van der Waals surface area contributed by atoms with Gasteiger partial charge in [0, 0.05) is 53.7 Å². The minimum absolute atomic E-state index is 0.144. The van der Waals surface area contributed by atoms with E-state index >= 15 is 0 Å². The molecule has 0 aliphatic carbocycles. The largest absolute Gasteiger partial charge is 0.309 e. The molecule has 1 aliphatic heterocycles. The molecule has 3 aromatic heterocycles. The molecule has 0 fully saturated rings. The Kier molecular flexibility index (Phi) is 8.53. The molecule has 0 amide bonds. The van der Waals surface area contributed by atoms with Crippen molar-refractivity contribution in [3.8, 4) is 16.8 Å². The highest BCUT2D eigenvalue weighted by atomic mass is 32.1. The van der Waals surface area contributed by atoms with Crippen molar-refractivity contribution in [2.45, 2.75) is 25.8 Å². The topological polar surface area (TPSA) is 34.6 Å². The van der Waals surface area contributed by atoms with Crippen molar-refractivity contribution in [2.75, 3.05) is 0 Å². The van der Waals surface area contributed by atoms with Gasteiger partial charge in [-0.2, -0.15) is 0 Å². The zero-order chi connectivity index (χ0) is 42.3. The van der Waals surface area contributed by atoms with Gasteiger partial charge in [-0.1, -0.05) is 159 Å². The van der Waals surface area contributed by atoms with E-state index in [1.807, 2.05) is 11.3 Å². The van der Waals surface area contributed by atoms with E-state index in [-0.39, 0.29) is 12.0 Å². The first-order chi connectivity index (χ1) is 31.6. The third kappa shape index (κ3) is 5.88. The molecular weight excluding hydrogens is 797 g/mol. The van der Waals surface area contributed by atoms with Crippen LogP contribution in [0.4, 0.5) is 0 Å². The molecule has 0 N–H and O–H groups in total. The Labute approximate surface area is 374 Å². The number of para-hydroxylation sites is 3. The summed E-state index contributed by atoms with van der Waals surface area (Å²) in [5.41, 5.74) is 10.5. The quantitative estimate of drug-likeness (QED) is 0.169. The predicted molar refractivity (Wildman–Crippen MR) is 273 cm³/mol. The van der Waals surface area contributed by atoms with Crippen LogP contribution < -0.4 is 0 Å². The van der Waals surface area contributed by atoms with Crippen LogP contribution in [0.15, 0.2) is 210 Å². The first-order valence-electron chi connectivity index (χ1n) is 22.3. The fourth-order valence-corrected chi connectivity index (χ4v) is 11.6. The van der Waals surface area contributed by atoms with Crippen molar-refractivity contribution in [3.05, 3.63) is 211 Å². The summed E-state index contributed by atoms with van der Waals surface area (Å²) >= 11 is 1.88. The van der Waals surface area contributed by atoms with Crippen LogP contribution in [-0.4, -0.2) is 20.8 Å². The van der Waals surface area contributed by atoms with Gasteiger partial charge in [-0.25, -0.2) is 4.99 Å². The third-order valence-electron chi connectivity index (χ3n) is 13.5. The second-order valence-corrected chi connectivity index (χ2v) is 18.4. The molecule has 4 nitrogen and oxygen atoms in total. The Morgan fingerprint density at radius 2 is 1.03 bits per heavy atom. The van der Waals surface area contributed by atoms with Gasteiger partial charge >= 0.3 is 0 Å². The zero-order valence-electron chi connectivity index (χ0n) is 35.3. The standard InChI is InChI=1S/C59H42N4S/c1-37-27-32-56(63-50-24-12-7-19-44(50)45-20-8-13-25-51(45)63)60-59(40-30-28-39(29-31-40)38-15-3-2-4-16-38)61-58(37)43-35-53(57-47-22-10-14-26-54(47)64-55(57)36-43)62-49-23-11-9-21-46(49)48-33-41-17-5-6-18-42(41)34-52(48)62/h2-26,28-31,33-37,58H,27,32H2,1H3/b60-56+,61-59-/t37-,58?/m1/s1. The van der Waals surface area contributed by atoms with Gasteiger partial charge < -0.3 is 4.57 Å². The average Bonchev–Trinajstić information content (AvgIpc) is 4.00. The normalized spacial score (nSPS) is 17.6. The predicted octanol–water partition coefficient (Wildman–Crippen LogP) is 15.9. The summed E-state index contributed by atoms with van der Waals surface area (Å²) in [6, 6.07) is 73.0. The Bertz CT molecular complexity index is 3810. The maximum Gasteiger partial charge on any atom is 0.157 e. The summed E-state index contributed by atoms with van der Waals surface area (Å²) in [7, 11) is 0. The van der Waals surface area contributed by atoms with E-state index in [0.717, 1.165) is 30.1 Å². The first kappa shape index (κ1) is 37.0. The lowest BCUT2D eigenvalue weighted by atomic mass is 9.89. The van der Waals surface area contributed by atoms with Crippen molar-refractivity contribution >= 4 is 97.6 Å². The Balaban J connectivity index is 1.07. The van der Waals surface area contributed by atoms with E-state index in [2.05, 4.69) is 216 Å². The van der Waals surface area contributed by atoms with Crippen LogP contribution in [0.25, 0.3) is 91.4 Å². The van der Waals surface area contributed by atoms with Gasteiger partial charge in [-0.15, -0.1) is 11.3 Å². The summed E-state index contributed by atoms with van der Waals surface area (Å²) in [6.45, 7) is 2.39. The number of benzene rings is 9. The highest BCUT2D eigenvalue weighted by Gasteiger charge is 2.28. The van der Waals surface area contributed by atoms with Gasteiger partial charge in [0.1, 0.15) is 5.84 Å². The van der Waals surface area contributed by atoms with Crippen LogP contribution in [0.5, 0.6) is 0 Å². The van der Waals surface area contributed by atoms with Gasteiger partial charge in [0.15, 0.2) is 5.84 Å². The van der Waals surface area contributed by atoms with Crippen LogP contribution in [0, 0.1) is 5.92 Å². The fourth-order valence-electron chi connectivity index (χ4n) is 10.4. The molecule has 5 heteroatoms. The molecule has 2 atom stereocenters. The molecule has 0 spiro atoms. The second kappa shape index (κ2) is 14.8. The minimum atomic E-state index is -0.144. The van der Waals surface area contributed by atoms with E-state index in [1.54, 1.807) is 0 Å². The lowest BCUT2D eigenvalue weighted by molar-refractivity contribution is 0.445. The number of nitrogens with zero attached hydrogens (tertiary/aromatic N) is 4. The summed E-state index contributed by atoms with van der Waals surface area (Å²) in [5, 5.41) is 10.0. The summed E-state index contributed by atoms with van der Waals surface area (Å²) < 4.78 is 7.48. The first-order valence-corrected chi connectivity index (χ1v) is 23.1. The molecule has 0 bridgehead atoms. The van der Waals surface area contributed by atoms with Crippen LogP contribution in [0.3, 0.4) is 0 Å². The molecule has 64 heavy (non-hydrogen) atoms. The van der Waals surface area contributed by atoms with Crippen molar-refractivity contribution < 1.29 is 0 Å². The second-order valence-electron chi connectivity index (χ2n) is 17.3. The molecular formula is C59H42N4S. The number of hydrogen-bond donors (Lipinski definition) is 0. The van der Waals surface area contributed by atoms with E-state index < -0.39 is 0 Å². The van der Waals surface area contributed by atoms with Crippen LogP contribution in [-0.2, 0) is 0 Å². The maximum absolute atomic E-state index is 5.84. The van der Waals surface area contributed by atoms with Gasteiger partial charge in [0.25, 0.3) is 0 Å². The van der Waals surface area contributed by atoms with Gasteiger partial charge in [0.2, 0.25) is 0 Å².